The van der Waals surface area contributed by atoms with Gasteiger partial charge >= 0.3 is 0 Å². The van der Waals surface area contributed by atoms with Crippen LogP contribution in [0.15, 0.2) is 72.8 Å². The quantitative estimate of drug-likeness (QED) is 0.398. The summed E-state index contributed by atoms with van der Waals surface area (Å²) in [6, 6.07) is 23.8. The van der Waals surface area contributed by atoms with Gasteiger partial charge in [-0.2, -0.15) is 9.78 Å². The summed E-state index contributed by atoms with van der Waals surface area (Å²) >= 11 is 6.00. The van der Waals surface area contributed by atoms with Gasteiger partial charge in [0.15, 0.2) is 0 Å². The Morgan fingerprint density at radius 3 is 2.47 bits per heavy atom. The van der Waals surface area contributed by atoms with Gasteiger partial charge in [-0.3, -0.25) is 0 Å². The van der Waals surface area contributed by atoms with E-state index in [1.807, 2.05) is 79.7 Å². The highest BCUT2D eigenvalue weighted by Gasteiger charge is 2.18. The number of imidazole rings is 1. The molecule has 0 saturated carbocycles. The van der Waals surface area contributed by atoms with E-state index in [2.05, 4.69) is 15.1 Å². The smallest absolute Gasteiger partial charge is 0.232 e. The number of halogens is 1. The van der Waals surface area contributed by atoms with Crippen molar-refractivity contribution < 1.29 is 5.11 Å². The molecule has 0 bridgehead atoms. The Labute approximate surface area is 178 Å². The molecule has 0 spiro atoms. The Bertz CT molecular complexity index is 1340. The first-order chi connectivity index (χ1) is 14.6. The normalized spacial score (nSPS) is 11.3. The average Bonchev–Trinajstić information content (AvgIpc) is 3.30. The van der Waals surface area contributed by atoms with Crippen LogP contribution in [0.25, 0.3) is 28.1 Å². The topological polar surface area (TPSA) is 66.7 Å². The molecule has 0 aliphatic heterocycles. The number of aromatic amines is 1. The molecule has 0 aliphatic carbocycles. The molecule has 0 fully saturated rings. The molecule has 0 amide bonds. The molecule has 30 heavy (non-hydrogen) atoms. The van der Waals surface area contributed by atoms with Crippen LogP contribution in [-0.4, -0.2) is 24.9 Å². The molecule has 0 radical (unpaired) electrons. The molecule has 5 rings (SSSR count). The van der Waals surface area contributed by atoms with E-state index in [4.69, 9.17) is 11.6 Å². The van der Waals surface area contributed by atoms with Gasteiger partial charge in [-0.15, -0.1) is 0 Å². The molecule has 0 unspecified atom stereocenters. The van der Waals surface area contributed by atoms with Gasteiger partial charge in [0.1, 0.15) is 0 Å². The van der Waals surface area contributed by atoms with Gasteiger partial charge in [0.2, 0.25) is 11.8 Å². The summed E-state index contributed by atoms with van der Waals surface area (Å²) in [5.41, 5.74) is 6.47. The Balaban J connectivity index is 1.52. The Hall–Kier alpha value is -3.57. The highest BCUT2D eigenvalue weighted by molar-refractivity contribution is 6.30. The van der Waals surface area contributed by atoms with Gasteiger partial charge in [0.05, 0.1) is 16.7 Å². The van der Waals surface area contributed by atoms with E-state index < -0.39 is 0 Å². The molecule has 2 aromatic heterocycles. The van der Waals surface area contributed by atoms with Crippen LogP contribution < -0.4 is 0 Å². The second-order valence-corrected chi connectivity index (χ2v) is 7.70. The molecule has 2 heterocycles. The van der Waals surface area contributed by atoms with Crippen molar-refractivity contribution in [1.29, 1.82) is 0 Å². The highest BCUT2D eigenvalue weighted by Crippen LogP contribution is 2.29. The van der Waals surface area contributed by atoms with Crippen LogP contribution in [0.3, 0.4) is 0 Å². The summed E-state index contributed by atoms with van der Waals surface area (Å²) in [6.07, 6.45) is 0.611. The van der Waals surface area contributed by atoms with Crippen LogP contribution in [0, 0.1) is 6.92 Å². The van der Waals surface area contributed by atoms with Crippen molar-refractivity contribution in [2.24, 2.45) is 0 Å². The Morgan fingerprint density at radius 2 is 1.70 bits per heavy atom. The second kappa shape index (κ2) is 7.35. The summed E-state index contributed by atoms with van der Waals surface area (Å²) in [4.78, 5) is 7.92. The SMILES string of the molecule is Cc1nn(-c2nc3cc(-c4ccc(Cl)cc4)ccc3[nH]2)c(O)c1Cc1ccccc1. The van der Waals surface area contributed by atoms with Crippen LogP contribution in [-0.2, 0) is 6.42 Å². The number of aromatic nitrogens is 4. The average molecular weight is 415 g/mol. The van der Waals surface area contributed by atoms with E-state index in [9.17, 15) is 5.11 Å². The summed E-state index contributed by atoms with van der Waals surface area (Å²) < 4.78 is 1.47. The summed E-state index contributed by atoms with van der Waals surface area (Å²) in [5, 5.41) is 16.1. The molecule has 148 valence electrons. The predicted molar refractivity (Wildman–Crippen MR) is 119 cm³/mol. The second-order valence-electron chi connectivity index (χ2n) is 7.26. The number of H-pyrrole nitrogens is 1. The van der Waals surface area contributed by atoms with Crippen LogP contribution in [0.2, 0.25) is 5.02 Å². The first-order valence-electron chi connectivity index (χ1n) is 9.66. The zero-order chi connectivity index (χ0) is 20.7. The first kappa shape index (κ1) is 18.5. The molecular formula is C24H19ClN4O. The largest absolute Gasteiger partial charge is 0.493 e. The van der Waals surface area contributed by atoms with Crippen molar-refractivity contribution in [3.63, 3.8) is 0 Å². The zero-order valence-electron chi connectivity index (χ0n) is 16.3. The number of hydrogen-bond donors (Lipinski definition) is 2. The number of aryl methyl sites for hydroxylation is 1. The molecular weight excluding hydrogens is 396 g/mol. The fraction of sp³-hybridized carbons (Fsp3) is 0.0833. The molecule has 0 aliphatic rings. The van der Waals surface area contributed by atoms with Gasteiger partial charge in [-0.05, 0) is 47.9 Å². The van der Waals surface area contributed by atoms with E-state index in [-0.39, 0.29) is 5.88 Å². The van der Waals surface area contributed by atoms with Crippen LogP contribution in [0.5, 0.6) is 5.88 Å². The van der Waals surface area contributed by atoms with Crippen molar-refractivity contribution in [2.75, 3.05) is 0 Å². The van der Waals surface area contributed by atoms with Crippen molar-refractivity contribution >= 4 is 22.6 Å². The van der Waals surface area contributed by atoms with Crippen LogP contribution >= 0.6 is 11.6 Å². The fourth-order valence-corrected chi connectivity index (χ4v) is 3.74. The molecule has 0 saturated heterocycles. The van der Waals surface area contributed by atoms with E-state index in [0.717, 1.165) is 39.0 Å². The lowest BCUT2D eigenvalue weighted by Crippen LogP contribution is -1.98. The molecule has 0 atom stereocenters. The molecule has 2 N–H and O–H groups in total. The van der Waals surface area contributed by atoms with E-state index in [1.54, 1.807) is 0 Å². The monoisotopic (exact) mass is 414 g/mol. The first-order valence-corrected chi connectivity index (χ1v) is 10.0. The van der Waals surface area contributed by atoms with E-state index >= 15 is 0 Å². The predicted octanol–water partition coefficient (Wildman–Crippen LogP) is 5.67. The lowest BCUT2D eigenvalue weighted by Gasteiger charge is -2.02. The highest BCUT2D eigenvalue weighted by atomic mass is 35.5. The van der Waals surface area contributed by atoms with Gasteiger partial charge < -0.3 is 10.1 Å². The Kier molecular flexibility index (Phi) is 4.52. The third-order valence-corrected chi connectivity index (χ3v) is 5.48. The van der Waals surface area contributed by atoms with Gasteiger partial charge in [0.25, 0.3) is 0 Å². The maximum Gasteiger partial charge on any atom is 0.232 e. The number of fused-ring (bicyclic) bond motifs is 1. The van der Waals surface area contributed by atoms with Crippen molar-refractivity contribution in [3.05, 3.63) is 94.6 Å². The van der Waals surface area contributed by atoms with Crippen molar-refractivity contribution in [1.82, 2.24) is 19.7 Å². The van der Waals surface area contributed by atoms with Gasteiger partial charge in [-0.1, -0.05) is 60.1 Å². The maximum absolute atomic E-state index is 10.8. The van der Waals surface area contributed by atoms with Crippen LogP contribution in [0.1, 0.15) is 16.8 Å². The number of hydrogen-bond acceptors (Lipinski definition) is 3. The lowest BCUT2D eigenvalue weighted by atomic mass is 10.1. The third kappa shape index (κ3) is 3.33. The minimum atomic E-state index is 0.105. The molecule has 5 nitrogen and oxygen atoms in total. The lowest BCUT2D eigenvalue weighted by molar-refractivity contribution is 0.426. The summed E-state index contributed by atoms with van der Waals surface area (Å²) in [7, 11) is 0. The molecule has 5 aromatic rings. The minimum Gasteiger partial charge on any atom is -0.493 e. The third-order valence-electron chi connectivity index (χ3n) is 5.23. The Morgan fingerprint density at radius 1 is 0.967 bits per heavy atom. The number of benzene rings is 3. The summed E-state index contributed by atoms with van der Waals surface area (Å²) in [6.45, 7) is 1.90. The van der Waals surface area contributed by atoms with Crippen molar-refractivity contribution in [3.8, 4) is 23.0 Å². The zero-order valence-corrected chi connectivity index (χ0v) is 17.1. The fourth-order valence-electron chi connectivity index (χ4n) is 3.62. The van der Waals surface area contributed by atoms with Gasteiger partial charge in [0, 0.05) is 17.0 Å². The van der Waals surface area contributed by atoms with Crippen LogP contribution in [0.4, 0.5) is 0 Å². The number of nitrogens with zero attached hydrogens (tertiary/aromatic N) is 3. The number of aromatic hydroxyl groups is 1. The minimum absolute atomic E-state index is 0.105. The van der Waals surface area contributed by atoms with Crippen molar-refractivity contribution in [2.45, 2.75) is 13.3 Å². The maximum atomic E-state index is 10.8. The van der Waals surface area contributed by atoms with E-state index in [0.29, 0.717) is 17.4 Å². The molecule has 6 heteroatoms. The summed E-state index contributed by atoms with van der Waals surface area (Å²) in [5.74, 6) is 0.589. The number of nitrogens with one attached hydrogen (secondary N) is 1. The van der Waals surface area contributed by atoms with Gasteiger partial charge in [-0.25, -0.2) is 4.98 Å². The molecule has 3 aromatic carbocycles. The van der Waals surface area contributed by atoms with E-state index in [1.165, 1.54) is 4.68 Å². The standard InChI is InChI=1S/C24H19ClN4O/c1-15-20(13-16-5-3-2-4-6-16)23(30)29(28-15)24-26-21-12-9-18(14-22(21)27-24)17-7-10-19(25)11-8-17/h2-12,14,30H,13H2,1H3,(H,26,27). The number of rotatable bonds is 4.